The standard InChI is InChI=1S/C35H54O3/c1-3-5-7-9-11-15-25-33(31-21-17-13-18-22-31)27-29-37-35(36)38-30-28-34(32-23-19-14-20-24-32)26-16-12-10-8-6-4-2/h13-14,17-24,33-34H,3-12,15-16,25-30H2,1-2H3. The van der Waals surface area contributed by atoms with Gasteiger partial charge in [0.05, 0.1) is 13.2 Å². The van der Waals surface area contributed by atoms with Gasteiger partial charge in [-0.3, -0.25) is 0 Å². The minimum atomic E-state index is -0.525. The van der Waals surface area contributed by atoms with Gasteiger partial charge in [0.1, 0.15) is 0 Å². The van der Waals surface area contributed by atoms with Crippen LogP contribution in [0, 0.1) is 0 Å². The largest absolute Gasteiger partial charge is 0.508 e. The predicted octanol–water partition coefficient (Wildman–Crippen LogP) is 11.0. The molecule has 0 saturated carbocycles. The van der Waals surface area contributed by atoms with Crippen molar-refractivity contribution in [3.8, 4) is 0 Å². The van der Waals surface area contributed by atoms with E-state index in [1.807, 2.05) is 0 Å². The summed E-state index contributed by atoms with van der Waals surface area (Å²) in [4.78, 5) is 12.4. The molecule has 2 unspecified atom stereocenters. The van der Waals surface area contributed by atoms with Gasteiger partial charge in [-0.15, -0.1) is 0 Å². The maximum absolute atomic E-state index is 12.4. The zero-order chi connectivity index (χ0) is 27.1. The molecule has 0 saturated heterocycles. The van der Waals surface area contributed by atoms with Crippen molar-refractivity contribution in [1.29, 1.82) is 0 Å². The monoisotopic (exact) mass is 522 g/mol. The zero-order valence-electron chi connectivity index (χ0n) is 24.4. The molecule has 2 rings (SSSR count). The van der Waals surface area contributed by atoms with E-state index in [2.05, 4.69) is 74.5 Å². The van der Waals surface area contributed by atoms with Gasteiger partial charge in [0.2, 0.25) is 0 Å². The van der Waals surface area contributed by atoms with E-state index in [0.717, 1.165) is 25.7 Å². The number of carbonyl (C=O) groups excluding carboxylic acids is 1. The number of rotatable bonds is 22. The summed E-state index contributed by atoms with van der Waals surface area (Å²) in [6, 6.07) is 21.4. The Labute approximate surface area is 233 Å². The topological polar surface area (TPSA) is 35.5 Å². The molecule has 38 heavy (non-hydrogen) atoms. The number of carbonyl (C=O) groups is 1. The lowest BCUT2D eigenvalue weighted by atomic mass is 9.90. The second kappa shape index (κ2) is 21.6. The van der Waals surface area contributed by atoms with Gasteiger partial charge in [0.25, 0.3) is 0 Å². The molecule has 0 fully saturated rings. The van der Waals surface area contributed by atoms with Crippen LogP contribution in [-0.2, 0) is 9.47 Å². The van der Waals surface area contributed by atoms with Crippen LogP contribution >= 0.6 is 0 Å². The Morgan fingerprint density at radius 2 is 0.895 bits per heavy atom. The lowest BCUT2D eigenvalue weighted by Crippen LogP contribution is -2.13. The highest BCUT2D eigenvalue weighted by atomic mass is 16.7. The fourth-order valence-corrected chi connectivity index (χ4v) is 5.36. The van der Waals surface area contributed by atoms with Crippen LogP contribution in [0.2, 0.25) is 0 Å². The Bertz CT molecular complexity index is 737. The maximum atomic E-state index is 12.4. The third-order valence-electron chi connectivity index (χ3n) is 7.73. The van der Waals surface area contributed by atoms with Crippen LogP contribution in [-0.4, -0.2) is 19.4 Å². The van der Waals surface area contributed by atoms with E-state index in [-0.39, 0.29) is 0 Å². The maximum Gasteiger partial charge on any atom is 0.508 e. The molecule has 0 aliphatic heterocycles. The Balaban J connectivity index is 1.72. The van der Waals surface area contributed by atoms with E-state index < -0.39 is 6.16 Å². The van der Waals surface area contributed by atoms with Gasteiger partial charge in [-0.1, -0.05) is 152 Å². The van der Waals surface area contributed by atoms with E-state index in [0.29, 0.717) is 25.0 Å². The second-order valence-corrected chi connectivity index (χ2v) is 10.9. The first-order valence-electron chi connectivity index (χ1n) is 15.6. The molecule has 2 atom stereocenters. The van der Waals surface area contributed by atoms with Crippen LogP contribution < -0.4 is 0 Å². The van der Waals surface area contributed by atoms with Crippen molar-refractivity contribution in [2.45, 2.75) is 128 Å². The lowest BCUT2D eigenvalue weighted by molar-refractivity contribution is 0.0508. The first-order valence-corrected chi connectivity index (χ1v) is 15.6. The van der Waals surface area contributed by atoms with Crippen LogP contribution in [0.1, 0.15) is 140 Å². The summed E-state index contributed by atoms with van der Waals surface area (Å²) in [6.07, 6.45) is 19.0. The van der Waals surface area contributed by atoms with Gasteiger partial charge in [-0.2, -0.15) is 0 Å². The van der Waals surface area contributed by atoms with Crippen molar-refractivity contribution >= 4 is 6.16 Å². The molecule has 212 valence electrons. The summed E-state index contributed by atoms with van der Waals surface area (Å²) in [7, 11) is 0. The number of hydrogen-bond acceptors (Lipinski definition) is 3. The van der Waals surface area contributed by atoms with Gasteiger partial charge >= 0.3 is 6.16 Å². The molecule has 0 aliphatic carbocycles. The Morgan fingerprint density at radius 1 is 0.526 bits per heavy atom. The van der Waals surface area contributed by atoms with Gasteiger partial charge in [0, 0.05) is 0 Å². The van der Waals surface area contributed by atoms with E-state index in [1.165, 1.54) is 88.2 Å². The molecule has 0 radical (unpaired) electrons. The third-order valence-corrected chi connectivity index (χ3v) is 7.73. The van der Waals surface area contributed by atoms with Crippen molar-refractivity contribution in [3.05, 3.63) is 71.8 Å². The van der Waals surface area contributed by atoms with Gasteiger partial charge in [0.15, 0.2) is 0 Å². The van der Waals surface area contributed by atoms with Crippen molar-refractivity contribution in [2.75, 3.05) is 13.2 Å². The minimum Gasteiger partial charge on any atom is -0.434 e. The minimum absolute atomic E-state index is 0.411. The highest BCUT2D eigenvalue weighted by Crippen LogP contribution is 2.28. The summed E-state index contributed by atoms with van der Waals surface area (Å²) >= 11 is 0. The molecule has 0 spiro atoms. The number of ether oxygens (including phenoxy) is 2. The normalized spacial score (nSPS) is 12.7. The van der Waals surface area contributed by atoms with Gasteiger partial charge in [-0.25, -0.2) is 4.79 Å². The van der Waals surface area contributed by atoms with Crippen LogP contribution in [0.15, 0.2) is 60.7 Å². The van der Waals surface area contributed by atoms with E-state index in [4.69, 9.17) is 9.47 Å². The summed E-state index contributed by atoms with van der Waals surface area (Å²) in [5.41, 5.74) is 2.69. The molecule has 0 heterocycles. The average molecular weight is 523 g/mol. The number of unbranched alkanes of at least 4 members (excludes halogenated alkanes) is 10. The molecule has 0 aliphatic rings. The fourth-order valence-electron chi connectivity index (χ4n) is 5.36. The molecule has 2 aromatic rings. The Kier molecular flexibility index (Phi) is 18.2. The first kappa shape index (κ1) is 31.9. The number of benzene rings is 2. The molecule has 3 nitrogen and oxygen atoms in total. The smallest absolute Gasteiger partial charge is 0.434 e. The highest BCUT2D eigenvalue weighted by Gasteiger charge is 2.15. The van der Waals surface area contributed by atoms with Crippen molar-refractivity contribution in [1.82, 2.24) is 0 Å². The van der Waals surface area contributed by atoms with Gasteiger partial charge in [-0.05, 0) is 48.6 Å². The quantitative estimate of drug-likeness (QED) is 0.114. The summed E-state index contributed by atoms with van der Waals surface area (Å²) in [6.45, 7) is 5.34. The highest BCUT2D eigenvalue weighted by molar-refractivity contribution is 5.59. The van der Waals surface area contributed by atoms with Crippen molar-refractivity contribution in [3.63, 3.8) is 0 Å². The van der Waals surface area contributed by atoms with Crippen LogP contribution in [0.5, 0.6) is 0 Å². The molecule has 0 N–H and O–H groups in total. The molecule has 2 aromatic carbocycles. The second-order valence-electron chi connectivity index (χ2n) is 10.9. The lowest BCUT2D eigenvalue weighted by Gasteiger charge is -2.19. The van der Waals surface area contributed by atoms with Crippen LogP contribution in [0.25, 0.3) is 0 Å². The summed E-state index contributed by atoms with van der Waals surface area (Å²) in [5.74, 6) is 0.852. The van der Waals surface area contributed by atoms with E-state index >= 15 is 0 Å². The predicted molar refractivity (Wildman–Crippen MR) is 161 cm³/mol. The molecular formula is C35H54O3. The van der Waals surface area contributed by atoms with Crippen molar-refractivity contribution < 1.29 is 14.3 Å². The van der Waals surface area contributed by atoms with E-state index in [1.54, 1.807) is 0 Å². The molecule has 0 amide bonds. The third kappa shape index (κ3) is 14.6. The molecule has 0 aromatic heterocycles. The Morgan fingerprint density at radius 3 is 1.29 bits per heavy atom. The molecule has 3 heteroatoms. The average Bonchev–Trinajstić information content (AvgIpc) is 2.95. The zero-order valence-corrected chi connectivity index (χ0v) is 24.4. The summed E-state index contributed by atoms with van der Waals surface area (Å²) in [5, 5.41) is 0. The van der Waals surface area contributed by atoms with Crippen molar-refractivity contribution in [2.24, 2.45) is 0 Å². The van der Waals surface area contributed by atoms with Gasteiger partial charge < -0.3 is 9.47 Å². The summed E-state index contributed by atoms with van der Waals surface area (Å²) < 4.78 is 11.0. The fraction of sp³-hybridized carbons (Fsp3) is 0.629. The van der Waals surface area contributed by atoms with Crippen LogP contribution in [0.3, 0.4) is 0 Å². The van der Waals surface area contributed by atoms with Crippen LogP contribution in [0.4, 0.5) is 4.79 Å². The Hall–Kier alpha value is -2.29. The van der Waals surface area contributed by atoms with E-state index in [9.17, 15) is 4.79 Å². The number of hydrogen-bond donors (Lipinski definition) is 0. The molecule has 0 bridgehead atoms. The molecular weight excluding hydrogens is 468 g/mol. The first-order chi connectivity index (χ1) is 18.7. The SMILES string of the molecule is CCCCCCCCC(CCOC(=O)OCCC(CCCCCCCC)c1ccccc1)c1ccccc1.